The smallest absolute Gasteiger partial charge is 0.320 e. The van der Waals surface area contributed by atoms with Crippen molar-refractivity contribution in [1.82, 2.24) is 4.90 Å². The highest BCUT2D eigenvalue weighted by Gasteiger charge is 2.26. The minimum atomic E-state index is -0.638. The molecule has 1 aliphatic heterocycles. The molecule has 1 saturated heterocycles. The summed E-state index contributed by atoms with van der Waals surface area (Å²) in [6.45, 7) is 1.91. The Morgan fingerprint density at radius 2 is 2.27 bits per heavy atom. The van der Waals surface area contributed by atoms with E-state index in [1.165, 1.54) is 6.42 Å². The molecule has 0 aromatic rings. The molecule has 1 N–H and O–H groups in total. The first-order valence-electron chi connectivity index (χ1n) is 5.71. The molecule has 1 aliphatic rings. The minimum absolute atomic E-state index is 0.227. The molecule has 1 unspecified atom stereocenters. The van der Waals surface area contributed by atoms with Gasteiger partial charge in [-0.2, -0.15) is 11.8 Å². The van der Waals surface area contributed by atoms with Gasteiger partial charge in [-0.05, 0) is 44.4 Å². The third kappa shape index (κ3) is 4.43. The highest BCUT2D eigenvalue weighted by atomic mass is 32.2. The van der Waals surface area contributed by atoms with Gasteiger partial charge in [0.05, 0.1) is 0 Å². The Morgan fingerprint density at radius 1 is 1.47 bits per heavy atom. The summed E-state index contributed by atoms with van der Waals surface area (Å²) in [7, 11) is 0. The fourth-order valence-corrected chi connectivity index (χ4v) is 2.54. The second-order valence-corrected chi connectivity index (χ2v) is 5.07. The maximum absolute atomic E-state index is 11.1. The zero-order valence-corrected chi connectivity index (χ0v) is 10.3. The van der Waals surface area contributed by atoms with Crippen LogP contribution < -0.4 is 0 Å². The fourth-order valence-electron chi connectivity index (χ4n) is 2.13. The number of nitrogens with zero attached hydrogens (tertiary/aromatic N) is 1. The minimum Gasteiger partial charge on any atom is -0.480 e. The van der Waals surface area contributed by atoms with Crippen molar-refractivity contribution in [3.8, 4) is 0 Å². The maximum Gasteiger partial charge on any atom is 0.320 e. The molecule has 0 saturated carbocycles. The SMILES string of the molecule is CSCCCN1CCCCCC1C(=O)O. The van der Waals surface area contributed by atoms with E-state index in [-0.39, 0.29) is 6.04 Å². The molecule has 0 aliphatic carbocycles. The van der Waals surface area contributed by atoms with Gasteiger partial charge in [0.2, 0.25) is 0 Å². The van der Waals surface area contributed by atoms with Gasteiger partial charge in [0, 0.05) is 0 Å². The molecule has 0 spiro atoms. The summed E-state index contributed by atoms with van der Waals surface area (Å²) in [4.78, 5) is 13.3. The van der Waals surface area contributed by atoms with E-state index in [4.69, 9.17) is 5.11 Å². The second kappa shape index (κ2) is 7.12. The molecule has 0 radical (unpaired) electrons. The van der Waals surface area contributed by atoms with Crippen LogP contribution in [-0.2, 0) is 4.79 Å². The van der Waals surface area contributed by atoms with Gasteiger partial charge in [-0.3, -0.25) is 9.69 Å². The van der Waals surface area contributed by atoms with Crippen LogP contribution in [0, 0.1) is 0 Å². The van der Waals surface area contributed by atoms with Crippen molar-refractivity contribution in [2.75, 3.05) is 25.1 Å². The average Bonchev–Trinajstić information content (AvgIpc) is 2.43. The van der Waals surface area contributed by atoms with E-state index in [1.807, 2.05) is 11.8 Å². The lowest BCUT2D eigenvalue weighted by Gasteiger charge is -2.26. The van der Waals surface area contributed by atoms with Gasteiger partial charge in [-0.15, -0.1) is 0 Å². The van der Waals surface area contributed by atoms with Gasteiger partial charge in [0.25, 0.3) is 0 Å². The molecular formula is C11H21NO2S. The summed E-state index contributed by atoms with van der Waals surface area (Å²) in [5.41, 5.74) is 0. The number of rotatable bonds is 5. The van der Waals surface area contributed by atoms with Gasteiger partial charge in [0.15, 0.2) is 0 Å². The number of carbonyl (C=O) groups is 1. The molecule has 0 aromatic carbocycles. The quantitative estimate of drug-likeness (QED) is 0.735. The normalized spacial score (nSPS) is 23.7. The fraction of sp³-hybridized carbons (Fsp3) is 0.909. The predicted octanol–water partition coefficient (Wildman–Crippen LogP) is 2.07. The lowest BCUT2D eigenvalue weighted by Crippen LogP contribution is -2.41. The van der Waals surface area contributed by atoms with Crippen molar-refractivity contribution in [1.29, 1.82) is 0 Å². The average molecular weight is 231 g/mol. The Labute approximate surface area is 96.2 Å². The molecule has 1 rings (SSSR count). The van der Waals surface area contributed by atoms with E-state index >= 15 is 0 Å². The Hall–Kier alpha value is -0.220. The van der Waals surface area contributed by atoms with E-state index < -0.39 is 5.97 Å². The van der Waals surface area contributed by atoms with Crippen molar-refractivity contribution in [2.45, 2.75) is 38.1 Å². The third-order valence-electron chi connectivity index (χ3n) is 2.94. The molecule has 4 heteroatoms. The Bertz CT molecular complexity index is 199. The number of likely N-dealkylation sites (tertiary alicyclic amines) is 1. The van der Waals surface area contributed by atoms with Crippen LogP contribution in [-0.4, -0.2) is 47.1 Å². The number of carboxylic acid groups (broad SMARTS) is 1. The first-order valence-corrected chi connectivity index (χ1v) is 7.11. The van der Waals surface area contributed by atoms with E-state index in [0.717, 1.165) is 44.5 Å². The number of thioether (sulfide) groups is 1. The van der Waals surface area contributed by atoms with Gasteiger partial charge < -0.3 is 5.11 Å². The highest BCUT2D eigenvalue weighted by molar-refractivity contribution is 7.98. The van der Waals surface area contributed by atoms with E-state index in [9.17, 15) is 4.79 Å². The van der Waals surface area contributed by atoms with E-state index in [0.29, 0.717) is 0 Å². The molecule has 1 heterocycles. The predicted molar refractivity (Wildman–Crippen MR) is 64.5 cm³/mol. The highest BCUT2D eigenvalue weighted by Crippen LogP contribution is 2.17. The van der Waals surface area contributed by atoms with Crippen molar-refractivity contribution in [3.05, 3.63) is 0 Å². The van der Waals surface area contributed by atoms with Gasteiger partial charge in [-0.25, -0.2) is 0 Å². The number of hydrogen-bond acceptors (Lipinski definition) is 3. The first-order chi connectivity index (χ1) is 7.25. The topological polar surface area (TPSA) is 40.5 Å². The Kier molecular flexibility index (Phi) is 6.10. The molecule has 1 atom stereocenters. The maximum atomic E-state index is 11.1. The summed E-state index contributed by atoms with van der Waals surface area (Å²) in [5, 5.41) is 9.14. The van der Waals surface area contributed by atoms with Crippen LogP contribution in [0.1, 0.15) is 32.1 Å². The molecule has 88 valence electrons. The molecule has 15 heavy (non-hydrogen) atoms. The third-order valence-corrected chi connectivity index (χ3v) is 3.64. The zero-order chi connectivity index (χ0) is 11.1. The van der Waals surface area contributed by atoms with Gasteiger partial charge in [0.1, 0.15) is 6.04 Å². The van der Waals surface area contributed by atoms with Crippen molar-refractivity contribution in [3.63, 3.8) is 0 Å². The molecule has 0 amide bonds. The second-order valence-electron chi connectivity index (χ2n) is 4.09. The van der Waals surface area contributed by atoms with Crippen molar-refractivity contribution < 1.29 is 9.90 Å². The molecular weight excluding hydrogens is 210 g/mol. The molecule has 3 nitrogen and oxygen atoms in total. The standard InChI is InChI=1S/C11H21NO2S/c1-15-9-5-8-12-7-4-2-3-6-10(12)11(13)14/h10H,2-9H2,1H3,(H,13,14). The summed E-state index contributed by atoms with van der Waals surface area (Å²) in [6, 6.07) is -0.227. The summed E-state index contributed by atoms with van der Waals surface area (Å²) in [5.74, 6) is 0.490. The van der Waals surface area contributed by atoms with Crippen LogP contribution in [0.15, 0.2) is 0 Å². The lowest BCUT2D eigenvalue weighted by molar-refractivity contribution is -0.143. The Balaban J connectivity index is 2.43. The molecule has 0 aromatic heterocycles. The lowest BCUT2D eigenvalue weighted by atomic mass is 10.1. The van der Waals surface area contributed by atoms with E-state index in [2.05, 4.69) is 11.2 Å². The van der Waals surface area contributed by atoms with Crippen LogP contribution in [0.25, 0.3) is 0 Å². The van der Waals surface area contributed by atoms with Crippen LogP contribution in [0.3, 0.4) is 0 Å². The van der Waals surface area contributed by atoms with Crippen LogP contribution in [0.4, 0.5) is 0 Å². The van der Waals surface area contributed by atoms with E-state index in [1.54, 1.807) is 0 Å². The zero-order valence-electron chi connectivity index (χ0n) is 9.45. The summed E-state index contributed by atoms with van der Waals surface area (Å²) < 4.78 is 0. The molecule has 0 bridgehead atoms. The Morgan fingerprint density at radius 3 is 2.93 bits per heavy atom. The number of carboxylic acids is 1. The van der Waals surface area contributed by atoms with Crippen LogP contribution in [0.5, 0.6) is 0 Å². The largest absolute Gasteiger partial charge is 0.480 e. The summed E-state index contributed by atoms with van der Waals surface area (Å²) in [6.07, 6.45) is 7.43. The van der Waals surface area contributed by atoms with Crippen LogP contribution in [0.2, 0.25) is 0 Å². The summed E-state index contributed by atoms with van der Waals surface area (Å²) >= 11 is 1.83. The molecule has 1 fully saturated rings. The number of aliphatic carboxylic acids is 1. The first kappa shape index (κ1) is 12.8. The van der Waals surface area contributed by atoms with Gasteiger partial charge in [-0.1, -0.05) is 12.8 Å². The van der Waals surface area contributed by atoms with Crippen molar-refractivity contribution in [2.24, 2.45) is 0 Å². The number of hydrogen-bond donors (Lipinski definition) is 1. The van der Waals surface area contributed by atoms with Crippen molar-refractivity contribution >= 4 is 17.7 Å². The van der Waals surface area contributed by atoms with Crippen LogP contribution >= 0.6 is 11.8 Å². The van der Waals surface area contributed by atoms with Gasteiger partial charge >= 0.3 is 5.97 Å². The monoisotopic (exact) mass is 231 g/mol.